The molecular weight excluding hydrogens is 136 g/mol. The lowest BCUT2D eigenvalue weighted by Crippen LogP contribution is -2.09. The molecule has 1 atom stereocenters. The summed E-state index contributed by atoms with van der Waals surface area (Å²) < 4.78 is 0. The van der Waals surface area contributed by atoms with Gasteiger partial charge in [-0.2, -0.15) is 0 Å². The Balaban J connectivity index is 2.78. The Bertz CT molecular complexity index is 199. The van der Waals surface area contributed by atoms with Crippen molar-refractivity contribution < 1.29 is 5.11 Å². The summed E-state index contributed by atoms with van der Waals surface area (Å²) in [6.45, 7) is 6.55. The smallest absolute Gasteiger partial charge is 0.0928 e. The van der Waals surface area contributed by atoms with Crippen molar-refractivity contribution in [2.45, 2.75) is 27.2 Å². The quantitative estimate of drug-likeness (QED) is 0.612. The van der Waals surface area contributed by atoms with Gasteiger partial charge in [-0.05, 0) is 17.9 Å². The van der Waals surface area contributed by atoms with Gasteiger partial charge in [0, 0.05) is 6.42 Å². The average Bonchev–Trinajstić information content (AvgIpc) is 1.85. The Morgan fingerprint density at radius 1 is 1.45 bits per heavy atom. The fourth-order valence-electron chi connectivity index (χ4n) is 1.62. The molecule has 0 amide bonds. The number of aliphatic hydroxyl groups excluding tert-OH is 1. The maximum absolute atomic E-state index is 9.20. The van der Waals surface area contributed by atoms with Gasteiger partial charge in [0.1, 0.15) is 0 Å². The van der Waals surface area contributed by atoms with E-state index in [4.69, 9.17) is 0 Å². The molecule has 0 aromatic rings. The van der Waals surface area contributed by atoms with Crippen LogP contribution in [0, 0.1) is 11.8 Å². The molecule has 11 heavy (non-hydrogen) atoms. The van der Waals surface area contributed by atoms with Gasteiger partial charge in [0.15, 0.2) is 0 Å². The van der Waals surface area contributed by atoms with Gasteiger partial charge in [-0.3, -0.25) is 0 Å². The Morgan fingerprint density at radius 3 is 2.55 bits per heavy atom. The first-order valence-corrected chi connectivity index (χ1v) is 4.21. The molecule has 0 heterocycles. The van der Waals surface area contributed by atoms with Crippen LogP contribution in [0.2, 0.25) is 0 Å². The average molecular weight is 152 g/mol. The minimum atomic E-state index is 0.514. The molecule has 0 aromatic heterocycles. The first kappa shape index (κ1) is 8.38. The van der Waals surface area contributed by atoms with Gasteiger partial charge in [-0.1, -0.05) is 32.4 Å². The molecule has 0 unspecified atom stereocenters. The van der Waals surface area contributed by atoms with E-state index in [1.807, 2.05) is 12.2 Å². The Kier molecular flexibility index (Phi) is 2.38. The van der Waals surface area contributed by atoms with Gasteiger partial charge in [-0.15, -0.1) is 0 Å². The summed E-state index contributed by atoms with van der Waals surface area (Å²) in [7, 11) is 0. The molecule has 1 aliphatic rings. The van der Waals surface area contributed by atoms with Crippen molar-refractivity contribution in [1.29, 1.82) is 0 Å². The SMILES string of the molecule is CC(C)C1=CC=C(O)C[C@@H]1C. The summed E-state index contributed by atoms with van der Waals surface area (Å²) >= 11 is 0. The summed E-state index contributed by atoms with van der Waals surface area (Å²) in [5.74, 6) is 1.64. The zero-order chi connectivity index (χ0) is 8.43. The summed E-state index contributed by atoms with van der Waals surface area (Å²) in [5, 5.41) is 9.20. The fourth-order valence-corrected chi connectivity index (χ4v) is 1.62. The molecule has 1 heteroatoms. The third kappa shape index (κ3) is 1.86. The lowest BCUT2D eigenvalue weighted by molar-refractivity contribution is 0.359. The monoisotopic (exact) mass is 152 g/mol. The number of hydrogen-bond acceptors (Lipinski definition) is 1. The summed E-state index contributed by atoms with van der Waals surface area (Å²) in [5.41, 5.74) is 1.45. The highest BCUT2D eigenvalue weighted by Gasteiger charge is 2.16. The first-order valence-electron chi connectivity index (χ1n) is 4.21. The van der Waals surface area contributed by atoms with E-state index in [9.17, 15) is 5.11 Å². The number of aliphatic hydroxyl groups is 1. The number of rotatable bonds is 1. The van der Waals surface area contributed by atoms with Gasteiger partial charge < -0.3 is 5.11 Å². The van der Waals surface area contributed by atoms with E-state index >= 15 is 0 Å². The van der Waals surface area contributed by atoms with Crippen LogP contribution in [0.1, 0.15) is 27.2 Å². The van der Waals surface area contributed by atoms with Crippen LogP contribution in [0.4, 0.5) is 0 Å². The van der Waals surface area contributed by atoms with E-state index in [1.165, 1.54) is 5.57 Å². The van der Waals surface area contributed by atoms with Gasteiger partial charge in [0.25, 0.3) is 0 Å². The van der Waals surface area contributed by atoms with Gasteiger partial charge in [0.05, 0.1) is 5.76 Å². The minimum absolute atomic E-state index is 0.514. The molecular formula is C10H16O. The molecule has 0 radical (unpaired) electrons. The van der Waals surface area contributed by atoms with Crippen molar-refractivity contribution in [1.82, 2.24) is 0 Å². The Hall–Kier alpha value is -0.720. The predicted molar refractivity (Wildman–Crippen MR) is 47.4 cm³/mol. The van der Waals surface area contributed by atoms with Crippen LogP contribution in [0.25, 0.3) is 0 Å². The van der Waals surface area contributed by atoms with Gasteiger partial charge >= 0.3 is 0 Å². The fraction of sp³-hybridized carbons (Fsp3) is 0.600. The normalized spacial score (nSPS) is 24.9. The molecule has 0 aromatic carbocycles. The molecule has 1 nitrogen and oxygen atoms in total. The molecule has 0 bridgehead atoms. The molecule has 1 rings (SSSR count). The first-order chi connectivity index (χ1) is 5.11. The summed E-state index contributed by atoms with van der Waals surface area (Å²) in [4.78, 5) is 0. The van der Waals surface area contributed by atoms with Crippen molar-refractivity contribution >= 4 is 0 Å². The summed E-state index contributed by atoms with van der Waals surface area (Å²) in [6, 6.07) is 0. The molecule has 62 valence electrons. The van der Waals surface area contributed by atoms with Crippen molar-refractivity contribution in [3.63, 3.8) is 0 Å². The third-order valence-corrected chi connectivity index (χ3v) is 2.22. The molecule has 0 spiro atoms. The maximum Gasteiger partial charge on any atom is 0.0928 e. The van der Waals surface area contributed by atoms with E-state index in [2.05, 4.69) is 20.8 Å². The molecule has 0 aliphatic heterocycles. The van der Waals surface area contributed by atoms with Crippen LogP contribution in [-0.4, -0.2) is 5.11 Å². The largest absolute Gasteiger partial charge is 0.512 e. The number of allylic oxidation sites excluding steroid dienone is 4. The second kappa shape index (κ2) is 3.12. The van der Waals surface area contributed by atoms with Crippen LogP contribution in [0.3, 0.4) is 0 Å². The van der Waals surface area contributed by atoms with Crippen LogP contribution >= 0.6 is 0 Å². The second-order valence-corrected chi connectivity index (χ2v) is 3.58. The maximum atomic E-state index is 9.20. The third-order valence-electron chi connectivity index (χ3n) is 2.22. The Morgan fingerprint density at radius 2 is 2.09 bits per heavy atom. The second-order valence-electron chi connectivity index (χ2n) is 3.58. The van der Waals surface area contributed by atoms with Crippen LogP contribution in [0.15, 0.2) is 23.5 Å². The molecule has 0 saturated heterocycles. The van der Waals surface area contributed by atoms with Crippen LogP contribution in [-0.2, 0) is 0 Å². The van der Waals surface area contributed by atoms with Crippen molar-refractivity contribution in [2.75, 3.05) is 0 Å². The van der Waals surface area contributed by atoms with Gasteiger partial charge in [0.2, 0.25) is 0 Å². The lowest BCUT2D eigenvalue weighted by Gasteiger charge is -2.21. The van der Waals surface area contributed by atoms with Crippen molar-refractivity contribution in [2.24, 2.45) is 11.8 Å². The van der Waals surface area contributed by atoms with E-state index in [1.54, 1.807) is 0 Å². The molecule has 1 N–H and O–H groups in total. The van der Waals surface area contributed by atoms with E-state index in [0.29, 0.717) is 17.6 Å². The molecule has 1 aliphatic carbocycles. The number of hydrogen-bond donors (Lipinski definition) is 1. The predicted octanol–water partition coefficient (Wildman–Crippen LogP) is 3.05. The lowest BCUT2D eigenvalue weighted by atomic mass is 9.85. The van der Waals surface area contributed by atoms with Crippen molar-refractivity contribution in [3.8, 4) is 0 Å². The Labute approximate surface area is 68.4 Å². The van der Waals surface area contributed by atoms with E-state index in [0.717, 1.165) is 6.42 Å². The van der Waals surface area contributed by atoms with Crippen LogP contribution in [0.5, 0.6) is 0 Å². The van der Waals surface area contributed by atoms with E-state index < -0.39 is 0 Å². The highest BCUT2D eigenvalue weighted by atomic mass is 16.3. The summed E-state index contributed by atoms with van der Waals surface area (Å²) in [6.07, 6.45) is 4.67. The van der Waals surface area contributed by atoms with Crippen LogP contribution < -0.4 is 0 Å². The standard InChI is InChI=1S/C10H16O/c1-7(2)10-5-4-9(11)6-8(10)3/h4-5,7-8,11H,6H2,1-3H3/t8-/m0/s1. The zero-order valence-electron chi connectivity index (χ0n) is 7.46. The minimum Gasteiger partial charge on any atom is -0.512 e. The molecule has 0 fully saturated rings. The van der Waals surface area contributed by atoms with E-state index in [-0.39, 0.29) is 0 Å². The molecule has 0 saturated carbocycles. The highest BCUT2D eigenvalue weighted by Crippen LogP contribution is 2.28. The topological polar surface area (TPSA) is 20.2 Å². The highest BCUT2D eigenvalue weighted by molar-refractivity contribution is 5.23. The zero-order valence-corrected chi connectivity index (χ0v) is 7.46. The van der Waals surface area contributed by atoms with Gasteiger partial charge in [-0.25, -0.2) is 0 Å². The van der Waals surface area contributed by atoms with Crippen molar-refractivity contribution in [3.05, 3.63) is 23.5 Å².